The van der Waals surface area contributed by atoms with Crippen molar-refractivity contribution in [3.8, 4) is 22.6 Å². The van der Waals surface area contributed by atoms with Gasteiger partial charge in [-0.25, -0.2) is 4.98 Å². The smallest absolute Gasteiger partial charge is 0.0928 e. The quantitative estimate of drug-likeness (QED) is 0.515. The molecule has 136 valence electrons. The molecule has 2 N–H and O–H groups in total. The predicted molar refractivity (Wildman–Crippen MR) is 107 cm³/mol. The van der Waals surface area contributed by atoms with E-state index in [0.717, 1.165) is 58.8 Å². The normalized spacial score (nSPS) is 11.2. The minimum atomic E-state index is 0.864. The third kappa shape index (κ3) is 3.71. The molecule has 0 aromatic carbocycles. The number of H-pyrrole nitrogens is 1. The van der Waals surface area contributed by atoms with Gasteiger partial charge in [0.25, 0.3) is 0 Å². The summed E-state index contributed by atoms with van der Waals surface area (Å²) in [6.45, 7) is 2.97. The van der Waals surface area contributed by atoms with Crippen molar-refractivity contribution in [3.05, 3.63) is 60.0 Å². The van der Waals surface area contributed by atoms with Crippen LogP contribution in [0.5, 0.6) is 0 Å². The molecule has 0 fully saturated rings. The fraction of sp³-hybridized carbons (Fsp3) is 0.238. The van der Waals surface area contributed by atoms with E-state index in [4.69, 9.17) is 4.98 Å². The van der Waals surface area contributed by atoms with Gasteiger partial charge in [0.05, 0.1) is 34.3 Å². The Bertz CT molecular complexity index is 1070. The van der Waals surface area contributed by atoms with E-state index in [1.165, 1.54) is 5.56 Å². The molecule has 0 amide bonds. The van der Waals surface area contributed by atoms with Crippen molar-refractivity contribution >= 4 is 11.0 Å². The zero-order valence-corrected chi connectivity index (χ0v) is 15.5. The molecule has 0 spiro atoms. The standard InChI is InChI=1S/C21H22N6/c1-14-5-3-7-19(25-14)21-16(13-24-27-21)17-8-9-18-20(26-17)11-15(12-23-18)6-4-10-22-2/h3,5,7-9,11-13,22H,4,6,10H2,1-2H3,(H,24,27). The van der Waals surface area contributed by atoms with Crippen molar-refractivity contribution in [2.45, 2.75) is 19.8 Å². The molecular formula is C21H22N6. The highest BCUT2D eigenvalue weighted by molar-refractivity contribution is 5.82. The third-order valence-electron chi connectivity index (χ3n) is 4.55. The van der Waals surface area contributed by atoms with Gasteiger partial charge in [0.2, 0.25) is 0 Å². The van der Waals surface area contributed by atoms with Crippen molar-refractivity contribution in [2.75, 3.05) is 13.6 Å². The molecule has 0 aliphatic carbocycles. The Hall–Kier alpha value is -3.12. The summed E-state index contributed by atoms with van der Waals surface area (Å²) >= 11 is 0. The maximum atomic E-state index is 4.85. The molecule has 0 aliphatic rings. The zero-order valence-electron chi connectivity index (χ0n) is 15.5. The van der Waals surface area contributed by atoms with E-state index in [9.17, 15) is 0 Å². The second-order valence-corrected chi connectivity index (χ2v) is 6.61. The number of aryl methyl sites for hydroxylation is 2. The first kappa shape index (κ1) is 17.3. The van der Waals surface area contributed by atoms with Crippen LogP contribution >= 0.6 is 0 Å². The fourth-order valence-electron chi connectivity index (χ4n) is 3.16. The number of nitrogens with one attached hydrogen (secondary N) is 2. The Morgan fingerprint density at radius 2 is 1.93 bits per heavy atom. The van der Waals surface area contributed by atoms with Crippen LogP contribution < -0.4 is 5.32 Å². The van der Waals surface area contributed by atoms with Crippen molar-refractivity contribution in [1.82, 2.24) is 30.5 Å². The lowest BCUT2D eigenvalue weighted by molar-refractivity contribution is 0.724. The molecule has 4 heterocycles. The molecule has 6 heteroatoms. The van der Waals surface area contributed by atoms with E-state index < -0.39 is 0 Å². The molecule has 0 aliphatic heterocycles. The van der Waals surface area contributed by atoms with Crippen LogP contribution in [-0.2, 0) is 6.42 Å². The Morgan fingerprint density at radius 3 is 2.78 bits per heavy atom. The van der Waals surface area contributed by atoms with Gasteiger partial charge >= 0.3 is 0 Å². The first-order valence-corrected chi connectivity index (χ1v) is 9.12. The van der Waals surface area contributed by atoms with Gasteiger partial charge in [-0.05, 0) is 69.3 Å². The minimum absolute atomic E-state index is 0.864. The first-order chi connectivity index (χ1) is 13.2. The molecule has 4 aromatic heterocycles. The number of hydrogen-bond acceptors (Lipinski definition) is 5. The summed E-state index contributed by atoms with van der Waals surface area (Å²) in [5, 5.41) is 10.5. The van der Waals surface area contributed by atoms with E-state index in [-0.39, 0.29) is 0 Å². The summed E-state index contributed by atoms with van der Waals surface area (Å²) in [6, 6.07) is 12.1. The molecule has 0 radical (unpaired) electrons. The van der Waals surface area contributed by atoms with Crippen LogP contribution in [0, 0.1) is 6.92 Å². The molecule has 0 saturated carbocycles. The van der Waals surface area contributed by atoms with E-state index in [0.29, 0.717) is 0 Å². The highest BCUT2D eigenvalue weighted by Gasteiger charge is 2.13. The number of aromatic amines is 1. The van der Waals surface area contributed by atoms with Crippen LogP contribution in [0.4, 0.5) is 0 Å². The lowest BCUT2D eigenvalue weighted by Crippen LogP contribution is -2.08. The third-order valence-corrected chi connectivity index (χ3v) is 4.55. The van der Waals surface area contributed by atoms with Gasteiger partial charge in [0, 0.05) is 17.5 Å². The summed E-state index contributed by atoms with van der Waals surface area (Å²) in [5.74, 6) is 0. The van der Waals surface area contributed by atoms with Gasteiger partial charge in [-0.3, -0.25) is 15.1 Å². The second kappa shape index (κ2) is 7.63. The van der Waals surface area contributed by atoms with Crippen LogP contribution in [0.25, 0.3) is 33.7 Å². The van der Waals surface area contributed by atoms with Crippen LogP contribution in [0.3, 0.4) is 0 Å². The Balaban J connectivity index is 1.71. The van der Waals surface area contributed by atoms with Gasteiger partial charge in [-0.2, -0.15) is 5.10 Å². The second-order valence-electron chi connectivity index (χ2n) is 6.61. The number of rotatable bonds is 6. The van der Waals surface area contributed by atoms with Crippen LogP contribution in [0.2, 0.25) is 0 Å². The summed E-state index contributed by atoms with van der Waals surface area (Å²) in [7, 11) is 1.97. The molecule has 0 bridgehead atoms. The molecule has 6 nitrogen and oxygen atoms in total. The lowest BCUT2D eigenvalue weighted by Gasteiger charge is -2.06. The van der Waals surface area contributed by atoms with Crippen LogP contribution in [0.1, 0.15) is 17.7 Å². The van der Waals surface area contributed by atoms with Gasteiger partial charge in [0.1, 0.15) is 0 Å². The monoisotopic (exact) mass is 358 g/mol. The largest absolute Gasteiger partial charge is 0.320 e. The Morgan fingerprint density at radius 1 is 1.00 bits per heavy atom. The molecule has 27 heavy (non-hydrogen) atoms. The highest BCUT2D eigenvalue weighted by Crippen LogP contribution is 2.29. The molecule has 0 unspecified atom stereocenters. The zero-order chi connectivity index (χ0) is 18.6. The topological polar surface area (TPSA) is 79.4 Å². The van der Waals surface area contributed by atoms with Crippen LogP contribution in [0.15, 0.2) is 48.8 Å². The van der Waals surface area contributed by atoms with E-state index >= 15 is 0 Å². The summed E-state index contributed by atoms with van der Waals surface area (Å²) in [4.78, 5) is 14.0. The van der Waals surface area contributed by atoms with Crippen molar-refractivity contribution in [2.24, 2.45) is 0 Å². The van der Waals surface area contributed by atoms with Gasteiger partial charge in [-0.15, -0.1) is 0 Å². The number of fused-ring (bicyclic) bond motifs is 1. The molecular weight excluding hydrogens is 336 g/mol. The van der Waals surface area contributed by atoms with Crippen molar-refractivity contribution < 1.29 is 0 Å². The van der Waals surface area contributed by atoms with Gasteiger partial charge in [-0.1, -0.05) is 6.07 Å². The van der Waals surface area contributed by atoms with Gasteiger partial charge in [0.15, 0.2) is 0 Å². The van der Waals surface area contributed by atoms with E-state index in [2.05, 4.69) is 31.5 Å². The van der Waals surface area contributed by atoms with E-state index in [1.807, 2.05) is 50.5 Å². The number of hydrogen-bond donors (Lipinski definition) is 2. The maximum Gasteiger partial charge on any atom is 0.0928 e. The Labute approximate surface area is 158 Å². The van der Waals surface area contributed by atoms with Gasteiger partial charge < -0.3 is 5.32 Å². The average Bonchev–Trinajstić information content (AvgIpc) is 3.17. The lowest BCUT2D eigenvalue weighted by atomic mass is 10.1. The number of aromatic nitrogens is 5. The van der Waals surface area contributed by atoms with Crippen molar-refractivity contribution in [1.29, 1.82) is 0 Å². The SMILES string of the molecule is CNCCCc1cnc2ccc(-c3cn[nH]c3-c3cccc(C)n3)nc2c1. The molecule has 4 aromatic rings. The fourth-order valence-corrected chi connectivity index (χ4v) is 3.16. The summed E-state index contributed by atoms with van der Waals surface area (Å²) in [5.41, 5.74) is 7.52. The number of pyridine rings is 3. The van der Waals surface area contributed by atoms with E-state index in [1.54, 1.807) is 6.20 Å². The molecule has 0 atom stereocenters. The first-order valence-electron chi connectivity index (χ1n) is 9.12. The average molecular weight is 358 g/mol. The molecule has 4 rings (SSSR count). The van der Waals surface area contributed by atoms with Crippen molar-refractivity contribution in [3.63, 3.8) is 0 Å². The van der Waals surface area contributed by atoms with Crippen LogP contribution in [-0.4, -0.2) is 38.7 Å². The Kier molecular flexibility index (Phi) is 4.89. The highest BCUT2D eigenvalue weighted by atomic mass is 15.1. The predicted octanol–water partition coefficient (Wildman–Crippen LogP) is 3.54. The maximum absolute atomic E-state index is 4.85. The summed E-state index contributed by atoms with van der Waals surface area (Å²) < 4.78 is 0. The summed E-state index contributed by atoms with van der Waals surface area (Å²) in [6.07, 6.45) is 5.81. The number of nitrogens with zero attached hydrogens (tertiary/aromatic N) is 4. The minimum Gasteiger partial charge on any atom is -0.320 e. The molecule has 0 saturated heterocycles.